The first kappa shape index (κ1) is 28.7. The molecule has 0 spiro atoms. The molecule has 1 aliphatic heterocycles. The molecular weight excluding hydrogens is 494 g/mol. The van der Waals surface area contributed by atoms with Gasteiger partial charge in [0, 0.05) is 12.6 Å². The maximum absolute atomic E-state index is 12.1. The fraction of sp³-hybridized carbons (Fsp3) is 0.344. The summed E-state index contributed by atoms with van der Waals surface area (Å²) in [5.74, 6) is -0.954. The highest BCUT2D eigenvalue weighted by molar-refractivity contribution is 5.67. The van der Waals surface area contributed by atoms with E-state index in [1.54, 1.807) is 6.08 Å². The van der Waals surface area contributed by atoms with E-state index in [0.29, 0.717) is 19.8 Å². The molecule has 39 heavy (non-hydrogen) atoms. The molecule has 5 atom stereocenters. The van der Waals surface area contributed by atoms with Crippen LogP contribution in [0.15, 0.2) is 104 Å². The average Bonchev–Trinajstić information content (AvgIpc) is 2.97. The lowest BCUT2D eigenvalue weighted by molar-refractivity contribution is -0.226. The Balaban J connectivity index is 1.70. The van der Waals surface area contributed by atoms with Gasteiger partial charge in [-0.2, -0.15) is 0 Å². The van der Waals surface area contributed by atoms with Gasteiger partial charge in [-0.1, -0.05) is 97.1 Å². The van der Waals surface area contributed by atoms with E-state index < -0.39 is 36.4 Å². The summed E-state index contributed by atoms with van der Waals surface area (Å²) in [6, 6.07) is 28.3. The highest BCUT2D eigenvalue weighted by Gasteiger charge is 2.51. The van der Waals surface area contributed by atoms with Gasteiger partial charge in [0.15, 0.2) is 0 Å². The molecule has 0 radical (unpaired) electrons. The minimum atomic E-state index is -0.954. The van der Waals surface area contributed by atoms with Crippen molar-refractivity contribution in [1.29, 1.82) is 0 Å². The van der Waals surface area contributed by atoms with Crippen LogP contribution in [0.1, 0.15) is 23.1 Å². The minimum absolute atomic E-state index is 0.180. The Hall–Kier alpha value is -3.33. The van der Waals surface area contributed by atoms with Gasteiger partial charge in [0.05, 0.1) is 38.9 Å². The van der Waals surface area contributed by atoms with Crippen molar-refractivity contribution in [2.45, 2.75) is 56.6 Å². The highest BCUT2D eigenvalue weighted by atomic mass is 16.6. The molecule has 4 rings (SSSR count). The largest absolute Gasteiger partial charge is 0.481 e. The molecule has 0 unspecified atom stereocenters. The van der Waals surface area contributed by atoms with Crippen LogP contribution < -0.4 is 0 Å². The standard InChI is InChI=1S/C32H37NO6/c1-2-18-33-27(19-29(35)36)30(37-21-24-12-6-3-7-13-24)32(39-23-26-16-10-5-11-17-26)31(28(33)20-34)38-22-25-14-8-4-9-15-25/h2-17,27-28,30-32,34H,1,18-23H2,(H,35,36)/t27-,28-,30-,31+,32+/m0/s1. The summed E-state index contributed by atoms with van der Waals surface area (Å²) < 4.78 is 19.5. The molecule has 1 saturated heterocycles. The Morgan fingerprint density at radius 3 is 1.51 bits per heavy atom. The third-order valence-corrected chi connectivity index (χ3v) is 7.02. The summed E-state index contributed by atoms with van der Waals surface area (Å²) in [5, 5.41) is 20.5. The third kappa shape index (κ3) is 7.85. The molecule has 7 heteroatoms. The molecule has 0 aromatic heterocycles. The van der Waals surface area contributed by atoms with Crippen molar-refractivity contribution >= 4 is 5.97 Å². The number of aliphatic hydroxyl groups excluding tert-OH is 1. The zero-order chi connectivity index (χ0) is 27.5. The number of hydrogen-bond acceptors (Lipinski definition) is 6. The second-order valence-electron chi connectivity index (χ2n) is 9.68. The number of benzene rings is 3. The van der Waals surface area contributed by atoms with E-state index in [4.69, 9.17) is 14.2 Å². The molecule has 1 heterocycles. The van der Waals surface area contributed by atoms with Crippen LogP contribution in [0.3, 0.4) is 0 Å². The van der Waals surface area contributed by atoms with Gasteiger partial charge in [-0.05, 0) is 16.7 Å². The first-order chi connectivity index (χ1) is 19.1. The van der Waals surface area contributed by atoms with Crippen LogP contribution in [0.25, 0.3) is 0 Å². The molecule has 1 aliphatic rings. The molecule has 2 N–H and O–H groups in total. The summed E-state index contributed by atoms with van der Waals surface area (Å²) >= 11 is 0. The van der Waals surface area contributed by atoms with E-state index in [1.165, 1.54) is 0 Å². The van der Waals surface area contributed by atoms with Crippen molar-refractivity contribution in [2.24, 2.45) is 0 Å². The first-order valence-electron chi connectivity index (χ1n) is 13.3. The predicted molar refractivity (Wildman–Crippen MR) is 149 cm³/mol. The average molecular weight is 532 g/mol. The Bertz CT molecular complexity index is 1140. The van der Waals surface area contributed by atoms with Crippen LogP contribution in [0.2, 0.25) is 0 Å². The van der Waals surface area contributed by atoms with E-state index in [0.717, 1.165) is 16.7 Å². The van der Waals surface area contributed by atoms with Gasteiger partial charge in [-0.3, -0.25) is 9.69 Å². The molecule has 0 aliphatic carbocycles. The highest BCUT2D eigenvalue weighted by Crippen LogP contribution is 2.34. The van der Waals surface area contributed by atoms with Gasteiger partial charge in [0.1, 0.15) is 18.3 Å². The summed E-state index contributed by atoms with van der Waals surface area (Å²) in [5.41, 5.74) is 2.93. The predicted octanol–water partition coefficient (Wildman–Crippen LogP) is 4.45. The number of rotatable bonds is 14. The van der Waals surface area contributed by atoms with Crippen molar-refractivity contribution in [3.63, 3.8) is 0 Å². The molecule has 3 aromatic carbocycles. The van der Waals surface area contributed by atoms with E-state index in [2.05, 4.69) is 6.58 Å². The van der Waals surface area contributed by atoms with Gasteiger partial charge < -0.3 is 24.4 Å². The normalized spacial score (nSPS) is 23.4. The first-order valence-corrected chi connectivity index (χ1v) is 13.3. The van der Waals surface area contributed by atoms with Crippen LogP contribution in [0.4, 0.5) is 0 Å². The molecule has 206 valence electrons. The van der Waals surface area contributed by atoms with E-state index >= 15 is 0 Å². The van der Waals surface area contributed by atoms with Gasteiger partial charge in [-0.25, -0.2) is 0 Å². The van der Waals surface area contributed by atoms with Gasteiger partial charge in [0.2, 0.25) is 0 Å². The molecule has 7 nitrogen and oxygen atoms in total. The zero-order valence-electron chi connectivity index (χ0n) is 22.0. The van der Waals surface area contributed by atoms with Crippen LogP contribution in [-0.4, -0.2) is 64.6 Å². The molecule has 3 aromatic rings. The van der Waals surface area contributed by atoms with Crippen molar-refractivity contribution in [1.82, 2.24) is 4.90 Å². The zero-order valence-corrected chi connectivity index (χ0v) is 22.0. The number of hydrogen-bond donors (Lipinski definition) is 2. The topological polar surface area (TPSA) is 88.5 Å². The number of likely N-dealkylation sites (tertiary alicyclic amines) is 1. The Labute approximate surface area is 230 Å². The fourth-order valence-corrected chi connectivity index (χ4v) is 5.19. The van der Waals surface area contributed by atoms with Crippen LogP contribution in [0, 0.1) is 0 Å². The van der Waals surface area contributed by atoms with E-state index in [1.807, 2.05) is 95.9 Å². The number of carbonyl (C=O) groups is 1. The molecule has 0 amide bonds. The van der Waals surface area contributed by atoms with Crippen molar-refractivity contribution in [3.8, 4) is 0 Å². The minimum Gasteiger partial charge on any atom is -0.481 e. The lowest BCUT2D eigenvalue weighted by Crippen LogP contribution is -2.69. The fourth-order valence-electron chi connectivity index (χ4n) is 5.19. The lowest BCUT2D eigenvalue weighted by atomic mass is 9.85. The van der Waals surface area contributed by atoms with Crippen LogP contribution in [0.5, 0.6) is 0 Å². The quantitative estimate of drug-likeness (QED) is 0.297. The van der Waals surface area contributed by atoms with Crippen LogP contribution in [-0.2, 0) is 38.8 Å². The summed E-state index contributed by atoms with van der Waals surface area (Å²) in [6.07, 6.45) is -0.343. The SMILES string of the molecule is C=CCN1[C@@H](CC(=O)O)[C@H](OCc2ccccc2)[C@@H](OCc2ccccc2)[C@H](OCc2ccccc2)[C@@H]1CO. The number of aliphatic carboxylic acids is 1. The monoisotopic (exact) mass is 531 g/mol. The van der Waals surface area contributed by atoms with Gasteiger partial charge >= 0.3 is 5.97 Å². The number of carboxylic acids is 1. The summed E-state index contributed by atoms with van der Waals surface area (Å²) in [6.45, 7) is 4.90. The number of aliphatic hydroxyl groups is 1. The Kier molecular flexibility index (Phi) is 10.8. The van der Waals surface area contributed by atoms with Crippen molar-refractivity contribution < 1.29 is 29.2 Å². The Morgan fingerprint density at radius 2 is 1.13 bits per heavy atom. The van der Waals surface area contributed by atoms with E-state index in [9.17, 15) is 15.0 Å². The number of nitrogens with zero attached hydrogens (tertiary/aromatic N) is 1. The third-order valence-electron chi connectivity index (χ3n) is 7.02. The molecule has 0 saturated carbocycles. The van der Waals surface area contributed by atoms with Crippen molar-refractivity contribution in [2.75, 3.05) is 13.2 Å². The molecular formula is C32H37NO6. The molecule has 1 fully saturated rings. The maximum atomic E-state index is 12.1. The second kappa shape index (κ2) is 14.7. The van der Waals surface area contributed by atoms with Crippen LogP contribution >= 0.6 is 0 Å². The number of piperidine rings is 1. The van der Waals surface area contributed by atoms with Gasteiger partial charge in [0.25, 0.3) is 0 Å². The summed E-state index contributed by atoms with van der Waals surface area (Å²) in [4.78, 5) is 14.0. The van der Waals surface area contributed by atoms with E-state index in [-0.39, 0.29) is 19.6 Å². The Morgan fingerprint density at radius 1 is 0.718 bits per heavy atom. The smallest absolute Gasteiger partial charge is 0.305 e. The number of carboxylic acid groups (broad SMARTS) is 1. The van der Waals surface area contributed by atoms with Crippen molar-refractivity contribution in [3.05, 3.63) is 120 Å². The second-order valence-corrected chi connectivity index (χ2v) is 9.68. The summed E-state index contributed by atoms with van der Waals surface area (Å²) in [7, 11) is 0. The molecule has 0 bridgehead atoms. The van der Waals surface area contributed by atoms with Gasteiger partial charge in [-0.15, -0.1) is 6.58 Å². The lowest BCUT2D eigenvalue weighted by Gasteiger charge is -2.52. The number of ether oxygens (including phenoxy) is 3. The maximum Gasteiger partial charge on any atom is 0.305 e.